The second-order valence-corrected chi connectivity index (χ2v) is 4.86. The Morgan fingerprint density at radius 1 is 1.19 bits per heavy atom. The standard InChI is InChI=1S/C16H17N5/c1-2-4-12-15(17)19-10-20-16(12)21-14-6-3-5-11-7-8-18-9-13(11)14/h3,5-10H,2,4H2,1H3,(H3,17,19,20,21). The third kappa shape index (κ3) is 2.63. The van der Waals surface area contributed by atoms with Crippen LogP contribution in [0.3, 0.4) is 0 Å². The van der Waals surface area contributed by atoms with Crippen LogP contribution in [0.15, 0.2) is 43.0 Å². The normalized spacial score (nSPS) is 10.7. The summed E-state index contributed by atoms with van der Waals surface area (Å²) in [7, 11) is 0. The summed E-state index contributed by atoms with van der Waals surface area (Å²) in [6, 6.07) is 8.07. The molecule has 21 heavy (non-hydrogen) atoms. The smallest absolute Gasteiger partial charge is 0.139 e. The minimum atomic E-state index is 0.535. The molecule has 106 valence electrons. The van der Waals surface area contributed by atoms with Crippen molar-refractivity contribution < 1.29 is 0 Å². The lowest BCUT2D eigenvalue weighted by atomic mass is 10.1. The zero-order valence-electron chi connectivity index (χ0n) is 11.9. The lowest BCUT2D eigenvalue weighted by Gasteiger charge is -2.13. The number of anilines is 3. The molecule has 1 aromatic carbocycles. The van der Waals surface area contributed by atoms with Gasteiger partial charge in [0.2, 0.25) is 0 Å². The molecule has 0 saturated heterocycles. The Morgan fingerprint density at radius 2 is 2.10 bits per heavy atom. The fourth-order valence-electron chi connectivity index (χ4n) is 2.38. The lowest BCUT2D eigenvalue weighted by Crippen LogP contribution is -2.05. The Labute approximate surface area is 123 Å². The van der Waals surface area contributed by atoms with Gasteiger partial charge in [-0.25, -0.2) is 9.97 Å². The largest absolute Gasteiger partial charge is 0.383 e. The van der Waals surface area contributed by atoms with Crippen molar-refractivity contribution in [1.82, 2.24) is 15.0 Å². The van der Waals surface area contributed by atoms with Crippen LogP contribution in [0.1, 0.15) is 18.9 Å². The molecule has 5 heteroatoms. The van der Waals surface area contributed by atoms with Crippen molar-refractivity contribution in [3.63, 3.8) is 0 Å². The first-order valence-electron chi connectivity index (χ1n) is 6.98. The van der Waals surface area contributed by atoms with Crippen molar-refractivity contribution in [1.29, 1.82) is 0 Å². The number of nitrogens with one attached hydrogen (secondary N) is 1. The molecule has 5 nitrogen and oxygen atoms in total. The van der Waals surface area contributed by atoms with Gasteiger partial charge >= 0.3 is 0 Å². The number of nitrogen functional groups attached to an aromatic ring is 1. The molecule has 0 radical (unpaired) electrons. The second-order valence-electron chi connectivity index (χ2n) is 4.86. The molecule has 3 rings (SSSR count). The summed E-state index contributed by atoms with van der Waals surface area (Å²) < 4.78 is 0. The van der Waals surface area contributed by atoms with Crippen LogP contribution in [0.4, 0.5) is 17.3 Å². The highest BCUT2D eigenvalue weighted by atomic mass is 15.0. The molecule has 2 aromatic heterocycles. The average molecular weight is 279 g/mol. The van der Waals surface area contributed by atoms with E-state index >= 15 is 0 Å². The molecule has 3 aromatic rings. The van der Waals surface area contributed by atoms with Gasteiger partial charge in [0.1, 0.15) is 18.0 Å². The fourth-order valence-corrected chi connectivity index (χ4v) is 2.38. The summed E-state index contributed by atoms with van der Waals surface area (Å²) in [6.07, 6.45) is 6.96. The SMILES string of the molecule is CCCc1c(N)ncnc1Nc1cccc2ccncc12. The van der Waals surface area contributed by atoms with Crippen LogP contribution < -0.4 is 11.1 Å². The van der Waals surface area contributed by atoms with Gasteiger partial charge in [-0.15, -0.1) is 0 Å². The summed E-state index contributed by atoms with van der Waals surface area (Å²) >= 11 is 0. The summed E-state index contributed by atoms with van der Waals surface area (Å²) in [5, 5.41) is 5.56. The van der Waals surface area contributed by atoms with E-state index < -0.39 is 0 Å². The van der Waals surface area contributed by atoms with E-state index in [0.29, 0.717) is 5.82 Å². The van der Waals surface area contributed by atoms with Crippen molar-refractivity contribution >= 4 is 28.1 Å². The maximum Gasteiger partial charge on any atom is 0.139 e. The highest BCUT2D eigenvalue weighted by Gasteiger charge is 2.10. The molecule has 0 amide bonds. The highest BCUT2D eigenvalue weighted by molar-refractivity contribution is 5.94. The number of hydrogen-bond acceptors (Lipinski definition) is 5. The van der Waals surface area contributed by atoms with Gasteiger partial charge in [-0.2, -0.15) is 0 Å². The molecule has 0 spiro atoms. The number of benzene rings is 1. The number of pyridine rings is 1. The zero-order valence-corrected chi connectivity index (χ0v) is 11.9. The monoisotopic (exact) mass is 279 g/mol. The molecule has 0 unspecified atom stereocenters. The van der Waals surface area contributed by atoms with E-state index in [1.165, 1.54) is 6.33 Å². The second kappa shape index (κ2) is 5.75. The van der Waals surface area contributed by atoms with Gasteiger partial charge in [0.25, 0.3) is 0 Å². The molecule has 2 heterocycles. The third-order valence-corrected chi connectivity index (χ3v) is 3.42. The van der Waals surface area contributed by atoms with E-state index in [1.807, 2.05) is 24.4 Å². The van der Waals surface area contributed by atoms with Gasteiger partial charge in [0.05, 0.1) is 0 Å². The Balaban J connectivity index is 2.05. The quantitative estimate of drug-likeness (QED) is 0.766. The van der Waals surface area contributed by atoms with Gasteiger partial charge in [-0.1, -0.05) is 25.5 Å². The fraction of sp³-hybridized carbons (Fsp3) is 0.188. The molecule has 0 fully saturated rings. The molecule has 0 aliphatic rings. The van der Waals surface area contributed by atoms with Gasteiger partial charge in [0.15, 0.2) is 0 Å². The van der Waals surface area contributed by atoms with Crippen LogP contribution in [0.5, 0.6) is 0 Å². The first-order valence-corrected chi connectivity index (χ1v) is 6.98. The van der Waals surface area contributed by atoms with Gasteiger partial charge in [-0.05, 0) is 23.9 Å². The Kier molecular flexibility index (Phi) is 3.64. The summed E-state index contributed by atoms with van der Waals surface area (Å²) in [4.78, 5) is 12.6. The maximum absolute atomic E-state index is 5.97. The van der Waals surface area contributed by atoms with Crippen molar-refractivity contribution in [3.05, 3.63) is 48.5 Å². The Bertz CT molecular complexity index is 764. The van der Waals surface area contributed by atoms with Crippen molar-refractivity contribution in [2.45, 2.75) is 19.8 Å². The number of fused-ring (bicyclic) bond motifs is 1. The number of hydrogen-bond donors (Lipinski definition) is 2. The predicted molar refractivity (Wildman–Crippen MR) is 85.5 cm³/mol. The van der Waals surface area contributed by atoms with E-state index in [9.17, 15) is 0 Å². The van der Waals surface area contributed by atoms with Crippen molar-refractivity contribution in [3.8, 4) is 0 Å². The van der Waals surface area contributed by atoms with Crippen LogP contribution >= 0.6 is 0 Å². The van der Waals surface area contributed by atoms with Crippen LogP contribution in [-0.2, 0) is 6.42 Å². The molecule has 0 bridgehead atoms. The topological polar surface area (TPSA) is 76.7 Å². The third-order valence-electron chi connectivity index (χ3n) is 3.42. The van der Waals surface area contributed by atoms with Crippen molar-refractivity contribution in [2.75, 3.05) is 11.1 Å². The first kappa shape index (κ1) is 13.3. The van der Waals surface area contributed by atoms with E-state index in [4.69, 9.17) is 5.73 Å². The predicted octanol–water partition coefficient (Wildman–Crippen LogP) is 3.30. The molecule has 3 N–H and O–H groups in total. The van der Waals surface area contributed by atoms with Gasteiger partial charge in [0, 0.05) is 29.0 Å². The molecular formula is C16H17N5. The number of nitrogens with two attached hydrogens (primary N) is 1. The zero-order chi connectivity index (χ0) is 14.7. The van der Waals surface area contributed by atoms with Gasteiger partial charge in [-0.3, -0.25) is 4.98 Å². The van der Waals surface area contributed by atoms with Crippen LogP contribution in [0, 0.1) is 0 Å². The van der Waals surface area contributed by atoms with Crippen LogP contribution in [0.25, 0.3) is 10.8 Å². The van der Waals surface area contributed by atoms with Crippen LogP contribution in [0.2, 0.25) is 0 Å². The Hall–Kier alpha value is -2.69. The maximum atomic E-state index is 5.97. The minimum Gasteiger partial charge on any atom is -0.383 e. The summed E-state index contributed by atoms with van der Waals surface area (Å²) in [5.74, 6) is 1.30. The summed E-state index contributed by atoms with van der Waals surface area (Å²) in [6.45, 7) is 2.11. The summed E-state index contributed by atoms with van der Waals surface area (Å²) in [5.41, 5.74) is 7.90. The molecule has 0 aliphatic carbocycles. The molecule has 0 atom stereocenters. The van der Waals surface area contributed by atoms with Crippen molar-refractivity contribution in [2.24, 2.45) is 0 Å². The number of rotatable bonds is 4. The molecular weight excluding hydrogens is 262 g/mol. The number of nitrogens with zero attached hydrogens (tertiary/aromatic N) is 3. The highest BCUT2D eigenvalue weighted by Crippen LogP contribution is 2.28. The lowest BCUT2D eigenvalue weighted by molar-refractivity contribution is 0.908. The average Bonchev–Trinajstić information content (AvgIpc) is 2.51. The molecule has 0 saturated carbocycles. The van der Waals surface area contributed by atoms with Crippen LogP contribution in [-0.4, -0.2) is 15.0 Å². The minimum absolute atomic E-state index is 0.535. The Morgan fingerprint density at radius 3 is 2.95 bits per heavy atom. The number of aromatic nitrogens is 3. The van der Waals surface area contributed by atoms with E-state index in [0.717, 1.165) is 40.7 Å². The molecule has 0 aliphatic heterocycles. The van der Waals surface area contributed by atoms with E-state index in [1.54, 1.807) is 6.20 Å². The van der Waals surface area contributed by atoms with Gasteiger partial charge < -0.3 is 11.1 Å². The van der Waals surface area contributed by atoms with E-state index in [2.05, 4.69) is 33.3 Å². The van der Waals surface area contributed by atoms with E-state index in [-0.39, 0.29) is 0 Å². The first-order chi connectivity index (χ1) is 10.3.